The van der Waals surface area contributed by atoms with Crippen LogP contribution < -0.4 is 10.0 Å². The molecule has 0 unspecified atom stereocenters. The molecule has 1 aromatic heterocycles. The summed E-state index contributed by atoms with van der Waals surface area (Å²) < 4.78 is 27.2. The molecule has 7 heteroatoms. The molecule has 2 N–H and O–H groups in total. The molecule has 112 valence electrons. The van der Waals surface area contributed by atoms with E-state index >= 15 is 0 Å². The quantitative estimate of drug-likeness (QED) is 0.885. The van der Waals surface area contributed by atoms with Crippen molar-refractivity contribution in [1.29, 1.82) is 0 Å². The Morgan fingerprint density at radius 2 is 2.00 bits per heavy atom. The second-order valence-electron chi connectivity index (χ2n) is 4.47. The Balaban J connectivity index is 2.27. The molecule has 0 aliphatic carbocycles. The molecule has 0 amide bonds. The molecule has 0 radical (unpaired) electrons. The number of halogens is 1. The molecule has 0 saturated heterocycles. The Bertz CT molecular complexity index is 730. The third-order valence-corrected chi connectivity index (χ3v) is 4.43. The molecule has 0 aliphatic heterocycles. The molecule has 0 saturated carbocycles. The first-order chi connectivity index (χ1) is 9.92. The maximum atomic E-state index is 12.3. The van der Waals surface area contributed by atoms with E-state index in [2.05, 4.69) is 15.0 Å². The number of sulfonamides is 1. The SMILES string of the molecule is CCNc1ccc(S(=O)(=O)Nc2cc(Cl)ccc2C)cn1. The van der Waals surface area contributed by atoms with Gasteiger partial charge in [0.15, 0.2) is 0 Å². The Labute approximate surface area is 129 Å². The van der Waals surface area contributed by atoms with Gasteiger partial charge < -0.3 is 5.32 Å². The first kappa shape index (κ1) is 15.6. The molecule has 0 fully saturated rings. The van der Waals surface area contributed by atoms with E-state index in [9.17, 15) is 8.42 Å². The van der Waals surface area contributed by atoms with Gasteiger partial charge >= 0.3 is 0 Å². The van der Waals surface area contributed by atoms with Gasteiger partial charge in [0, 0.05) is 17.8 Å². The average molecular weight is 326 g/mol. The monoisotopic (exact) mass is 325 g/mol. The van der Waals surface area contributed by atoms with Gasteiger partial charge in [-0.25, -0.2) is 13.4 Å². The molecule has 1 aromatic carbocycles. The van der Waals surface area contributed by atoms with E-state index in [1.165, 1.54) is 12.3 Å². The molecule has 1 heterocycles. The zero-order chi connectivity index (χ0) is 15.5. The van der Waals surface area contributed by atoms with E-state index < -0.39 is 10.0 Å². The van der Waals surface area contributed by atoms with Gasteiger partial charge in [0.1, 0.15) is 10.7 Å². The van der Waals surface area contributed by atoms with Gasteiger partial charge in [-0.05, 0) is 43.7 Å². The number of aryl methyl sites for hydroxylation is 1. The lowest BCUT2D eigenvalue weighted by Crippen LogP contribution is -2.14. The van der Waals surface area contributed by atoms with Gasteiger partial charge in [0.05, 0.1) is 5.69 Å². The number of rotatable bonds is 5. The van der Waals surface area contributed by atoms with Gasteiger partial charge in [0.2, 0.25) is 0 Å². The maximum Gasteiger partial charge on any atom is 0.263 e. The predicted molar refractivity (Wildman–Crippen MR) is 85.4 cm³/mol. The lowest BCUT2D eigenvalue weighted by atomic mass is 10.2. The van der Waals surface area contributed by atoms with E-state index in [1.54, 1.807) is 31.2 Å². The van der Waals surface area contributed by atoms with E-state index in [4.69, 9.17) is 11.6 Å². The Morgan fingerprint density at radius 1 is 1.24 bits per heavy atom. The lowest BCUT2D eigenvalue weighted by molar-refractivity contribution is 0.601. The normalized spacial score (nSPS) is 11.2. The van der Waals surface area contributed by atoms with Gasteiger partial charge in [-0.15, -0.1) is 0 Å². The number of benzene rings is 1. The van der Waals surface area contributed by atoms with Crippen LogP contribution in [0.2, 0.25) is 5.02 Å². The average Bonchev–Trinajstić information content (AvgIpc) is 2.44. The summed E-state index contributed by atoms with van der Waals surface area (Å²) in [6, 6.07) is 8.18. The van der Waals surface area contributed by atoms with Gasteiger partial charge in [-0.1, -0.05) is 17.7 Å². The summed E-state index contributed by atoms with van der Waals surface area (Å²) in [5.74, 6) is 0.635. The van der Waals surface area contributed by atoms with Crippen molar-refractivity contribution in [1.82, 2.24) is 4.98 Å². The largest absolute Gasteiger partial charge is 0.370 e. The van der Waals surface area contributed by atoms with Crippen molar-refractivity contribution in [3.8, 4) is 0 Å². The number of nitrogens with one attached hydrogen (secondary N) is 2. The van der Waals surface area contributed by atoms with Gasteiger partial charge in [0.25, 0.3) is 10.0 Å². The summed E-state index contributed by atoms with van der Waals surface area (Å²) in [5, 5.41) is 3.48. The van der Waals surface area contributed by atoms with Crippen LogP contribution in [-0.2, 0) is 10.0 Å². The number of aromatic nitrogens is 1. The lowest BCUT2D eigenvalue weighted by Gasteiger charge is -2.11. The summed E-state index contributed by atoms with van der Waals surface area (Å²) in [5.41, 5.74) is 1.25. The Hall–Kier alpha value is -1.79. The van der Waals surface area contributed by atoms with Crippen molar-refractivity contribution in [2.75, 3.05) is 16.6 Å². The van der Waals surface area contributed by atoms with Crippen LogP contribution >= 0.6 is 11.6 Å². The van der Waals surface area contributed by atoms with E-state index in [0.29, 0.717) is 16.5 Å². The first-order valence-electron chi connectivity index (χ1n) is 6.41. The van der Waals surface area contributed by atoms with E-state index in [1.807, 2.05) is 6.92 Å². The minimum Gasteiger partial charge on any atom is -0.370 e. The Kier molecular flexibility index (Phi) is 4.69. The summed E-state index contributed by atoms with van der Waals surface area (Å²) >= 11 is 5.89. The van der Waals surface area contributed by atoms with Crippen molar-refractivity contribution >= 4 is 33.1 Å². The number of nitrogens with zero attached hydrogens (tertiary/aromatic N) is 1. The Morgan fingerprint density at radius 3 is 2.62 bits per heavy atom. The number of hydrogen-bond donors (Lipinski definition) is 2. The topological polar surface area (TPSA) is 71.1 Å². The van der Waals surface area contributed by atoms with Crippen LogP contribution in [0.15, 0.2) is 41.4 Å². The van der Waals surface area contributed by atoms with Crippen molar-refractivity contribution in [3.05, 3.63) is 47.1 Å². The fraction of sp³-hybridized carbons (Fsp3) is 0.214. The van der Waals surface area contributed by atoms with Crippen LogP contribution in [0.25, 0.3) is 0 Å². The highest BCUT2D eigenvalue weighted by atomic mass is 35.5. The van der Waals surface area contributed by atoms with Crippen molar-refractivity contribution in [2.24, 2.45) is 0 Å². The molecular formula is C14H16ClN3O2S. The standard InChI is InChI=1S/C14H16ClN3O2S/c1-3-16-14-7-6-12(9-17-14)21(19,20)18-13-8-11(15)5-4-10(13)2/h4-9,18H,3H2,1-2H3,(H,16,17). The van der Waals surface area contributed by atoms with Gasteiger partial charge in [-0.2, -0.15) is 0 Å². The minimum absolute atomic E-state index is 0.100. The van der Waals surface area contributed by atoms with Crippen molar-refractivity contribution in [2.45, 2.75) is 18.7 Å². The van der Waals surface area contributed by atoms with Gasteiger partial charge in [-0.3, -0.25) is 4.72 Å². The fourth-order valence-electron chi connectivity index (χ4n) is 1.73. The van der Waals surface area contributed by atoms with Crippen LogP contribution in [0.5, 0.6) is 0 Å². The summed E-state index contributed by atoms with van der Waals surface area (Å²) in [6.07, 6.45) is 1.32. The van der Waals surface area contributed by atoms with Crippen LogP contribution in [0, 0.1) is 6.92 Å². The zero-order valence-corrected chi connectivity index (χ0v) is 13.3. The predicted octanol–water partition coefficient (Wildman–Crippen LogP) is 3.28. The van der Waals surface area contributed by atoms with Crippen LogP contribution in [0.4, 0.5) is 11.5 Å². The van der Waals surface area contributed by atoms with Crippen molar-refractivity contribution < 1.29 is 8.42 Å². The van der Waals surface area contributed by atoms with Crippen LogP contribution in [0.1, 0.15) is 12.5 Å². The smallest absolute Gasteiger partial charge is 0.263 e. The third kappa shape index (κ3) is 3.86. The molecule has 0 atom stereocenters. The number of hydrogen-bond acceptors (Lipinski definition) is 4. The fourth-order valence-corrected chi connectivity index (χ4v) is 2.97. The summed E-state index contributed by atoms with van der Waals surface area (Å²) in [4.78, 5) is 4.16. The summed E-state index contributed by atoms with van der Waals surface area (Å²) in [6.45, 7) is 4.47. The van der Waals surface area contributed by atoms with Crippen molar-refractivity contribution in [3.63, 3.8) is 0 Å². The number of anilines is 2. The van der Waals surface area contributed by atoms with E-state index in [-0.39, 0.29) is 4.90 Å². The molecule has 2 aromatic rings. The minimum atomic E-state index is -3.68. The molecule has 5 nitrogen and oxygen atoms in total. The second-order valence-corrected chi connectivity index (χ2v) is 6.59. The molecule has 0 bridgehead atoms. The highest BCUT2D eigenvalue weighted by Crippen LogP contribution is 2.23. The highest BCUT2D eigenvalue weighted by Gasteiger charge is 2.16. The molecule has 2 rings (SSSR count). The molecular weight excluding hydrogens is 310 g/mol. The second kappa shape index (κ2) is 6.32. The summed E-state index contributed by atoms with van der Waals surface area (Å²) in [7, 11) is -3.68. The van der Waals surface area contributed by atoms with Crippen LogP contribution in [-0.4, -0.2) is 19.9 Å². The van der Waals surface area contributed by atoms with Crippen LogP contribution in [0.3, 0.4) is 0 Å². The van der Waals surface area contributed by atoms with E-state index in [0.717, 1.165) is 12.1 Å². The first-order valence-corrected chi connectivity index (χ1v) is 8.27. The third-order valence-electron chi connectivity index (χ3n) is 2.85. The molecule has 0 spiro atoms. The highest BCUT2D eigenvalue weighted by molar-refractivity contribution is 7.92. The maximum absolute atomic E-state index is 12.3. The zero-order valence-electron chi connectivity index (χ0n) is 11.7. The number of pyridine rings is 1. The molecule has 21 heavy (non-hydrogen) atoms. The molecule has 0 aliphatic rings.